The first kappa shape index (κ1) is 16.0. The van der Waals surface area contributed by atoms with E-state index in [4.69, 9.17) is 4.42 Å². The molecule has 0 aromatic carbocycles. The van der Waals surface area contributed by atoms with E-state index < -0.39 is 0 Å². The fraction of sp³-hybridized carbons (Fsp3) is 0.529. The average molecular weight is 343 g/mol. The van der Waals surface area contributed by atoms with E-state index in [1.54, 1.807) is 6.92 Å². The number of fused-ring (bicyclic) bond motifs is 1. The Morgan fingerprint density at radius 1 is 1.28 bits per heavy atom. The summed E-state index contributed by atoms with van der Waals surface area (Å²) in [6, 6.07) is 0. The minimum Gasteiger partial charge on any atom is -0.465 e. The molecule has 1 saturated heterocycles. The molecular weight excluding hydrogens is 322 g/mol. The first-order chi connectivity index (χ1) is 12.1. The summed E-state index contributed by atoms with van der Waals surface area (Å²) in [7, 11) is 0. The Kier molecular flexibility index (Phi) is 4.12. The lowest BCUT2D eigenvalue weighted by Gasteiger charge is -2.34. The van der Waals surface area contributed by atoms with Crippen LogP contribution in [-0.2, 0) is 13.0 Å². The fourth-order valence-corrected chi connectivity index (χ4v) is 3.65. The van der Waals surface area contributed by atoms with Crippen LogP contribution in [0.1, 0.15) is 50.9 Å². The summed E-state index contributed by atoms with van der Waals surface area (Å²) in [4.78, 5) is 33.5. The number of ketones is 1. The van der Waals surface area contributed by atoms with E-state index >= 15 is 0 Å². The summed E-state index contributed by atoms with van der Waals surface area (Å²) in [6.45, 7) is 5.25. The van der Waals surface area contributed by atoms with Crippen LogP contribution in [0.4, 0.5) is 0 Å². The third-order valence-corrected chi connectivity index (χ3v) is 4.96. The second kappa shape index (κ2) is 6.44. The molecule has 0 spiro atoms. The summed E-state index contributed by atoms with van der Waals surface area (Å²) in [6.07, 6.45) is 3.53. The molecular formula is C17H21N5O3. The molecule has 0 atom stereocenters. The zero-order valence-electron chi connectivity index (χ0n) is 14.2. The topological polar surface area (TPSA) is 95.3 Å². The summed E-state index contributed by atoms with van der Waals surface area (Å²) < 4.78 is 5.71. The van der Waals surface area contributed by atoms with Gasteiger partial charge in [0.2, 0.25) is 0 Å². The maximum absolute atomic E-state index is 13.0. The number of nitrogens with one attached hydrogen (secondary N) is 1. The lowest BCUT2D eigenvalue weighted by atomic mass is 9.93. The van der Waals surface area contributed by atoms with Crippen molar-refractivity contribution in [3.63, 3.8) is 0 Å². The first-order valence-corrected chi connectivity index (χ1v) is 8.65. The summed E-state index contributed by atoms with van der Waals surface area (Å²) >= 11 is 0. The molecule has 25 heavy (non-hydrogen) atoms. The summed E-state index contributed by atoms with van der Waals surface area (Å²) in [5.74, 6) is 2.02. The van der Waals surface area contributed by atoms with E-state index in [1.807, 2.05) is 4.90 Å². The highest BCUT2D eigenvalue weighted by Gasteiger charge is 2.33. The molecule has 1 fully saturated rings. The van der Waals surface area contributed by atoms with E-state index in [1.165, 1.54) is 6.33 Å². The summed E-state index contributed by atoms with van der Waals surface area (Å²) in [5.41, 5.74) is 1.00. The molecule has 4 rings (SSSR count). The zero-order chi connectivity index (χ0) is 17.4. The van der Waals surface area contributed by atoms with Crippen LogP contribution in [0.5, 0.6) is 0 Å². The van der Waals surface area contributed by atoms with Gasteiger partial charge in [-0.1, -0.05) is 0 Å². The number of hydrogen-bond donors (Lipinski definition) is 1. The Hall–Kier alpha value is -2.48. The molecule has 1 N–H and O–H groups in total. The second-order valence-electron chi connectivity index (χ2n) is 6.61. The number of aromatic nitrogens is 3. The Morgan fingerprint density at radius 3 is 2.80 bits per heavy atom. The number of carbonyl (C=O) groups is 2. The van der Waals surface area contributed by atoms with Crippen molar-refractivity contribution in [2.75, 3.05) is 26.2 Å². The number of Topliss-reactive ketones (excluding diaryl/α,β-unsaturated/α-hetero) is 1. The number of H-pyrrole nitrogens is 1. The van der Waals surface area contributed by atoms with Gasteiger partial charge in [0.15, 0.2) is 5.78 Å². The van der Waals surface area contributed by atoms with Crippen molar-refractivity contribution < 1.29 is 14.0 Å². The van der Waals surface area contributed by atoms with Gasteiger partial charge < -0.3 is 9.32 Å². The van der Waals surface area contributed by atoms with Gasteiger partial charge >= 0.3 is 0 Å². The average Bonchev–Trinajstić information content (AvgIpc) is 3.22. The van der Waals surface area contributed by atoms with Gasteiger partial charge in [-0.05, 0) is 13.3 Å². The molecule has 1 aliphatic carbocycles. The molecule has 0 unspecified atom stereocenters. The highest BCUT2D eigenvalue weighted by Crippen LogP contribution is 2.30. The predicted molar refractivity (Wildman–Crippen MR) is 88.3 cm³/mol. The van der Waals surface area contributed by atoms with Gasteiger partial charge in [0.1, 0.15) is 23.7 Å². The third kappa shape index (κ3) is 2.97. The van der Waals surface area contributed by atoms with E-state index in [2.05, 4.69) is 20.1 Å². The minimum atomic E-state index is -0.0861. The molecule has 2 aromatic heterocycles. The van der Waals surface area contributed by atoms with Gasteiger partial charge in [-0.25, -0.2) is 4.98 Å². The highest BCUT2D eigenvalue weighted by molar-refractivity contribution is 6.10. The number of furan rings is 1. The van der Waals surface area contributed by atoms with Crippen molar-refractivity contribution in [1.29, 1.82) is 0 Å². The van der Waals surface area contributed by atoms with Crippen LogP contribution in [0.25, 0.3) is 0 Å². The lowest BCUT2D eigenvalue weighted by Crippen LogP contribution is -2.48. The molecule has 0 saturated carbocycles. The zero-order valence-corrected chi connectivity index (χ0v) is 14.2. The number of rotatable bonds is 3. The van der Waals surface area contributed by atoms with E-state index in [9.17, 15) is 9.59 Å². The van der Waals surface area contributed by atoms with Gasteiger partial charge in [0, 0.05) is 39.0 Å². The second-order valence-corrected chi connectivity index (χ2v) is 6.61. The maximum atomic E-state index is 13.0. The molecule has 0 bridgehead atoms. The predicted octanol–water partition coefficient (Wildman–Crippen LogP) is 1.18. The molecule has 8 heteroatoms. The molecule has 2 aromatic rings. The van der Waals surface area contributed by atoms with Crippen molar-refractivity contribution in [3.05, 3.63) is 34.8 Å². The van der Waals surface area contributed by atoms with E-state index in [0.29, 0.717) is 48.7 Å². The molecule has 8 nitrogen and oxygen atoms in total. The van der Waals surface area contributed by atoms with E-state index in [-0.39, 0.29) is 11.7 Å². The van der Waals surface area contributed by atoms with Crippen molar-refractivity contribution in [2.24, 2.45) is 0 Å². The number of amides is 1. The standard InChI is InChI=1S/C17H21N5O3/c1-11-15(16-12(23)3-2-4-13(16)25-11)17(24)22-7-5-21(6-8-22)9-14-18-10-19-20-14/h10H,2-9H2,1H3,(H,18,19,20). The largest absolute Gasteiger partial charge is 0.465 e. The van der Waals surface area contributed by atoms with Crippen molar-refractivity contribution >= 4 is 11.7 Å². The van der Waals surface area contributed by atoms with Crippen LogP contribution in [0.15, 0.2) is 10.7 Å². The minimum absolute atomic E-state index is 0.0328. The fourth-order valence-electron chi connectivity index (χ4n) is 3.65. The van der Waals surface area contributed by atoms with Crippen LogP contribution in [0, 0.1) is 6.92 Å². The monoisotopic (exact) mass is 343 g/mol. The van der Waals surface area contributed by atoms with Crippen LogP contribution in [0.3, 0.4) is 0 Å². The normalized spacial score (nSPS) is 18.4. The Balaban J connectivity index is 1.46. The SMILES string of the molecule is Cc1oc2c(c1C(=O)N1CCN(Cc3ncn[nH]3)CC1)C(=O)CCC2. The molecule has 1 amide bonds. The Bertz CT molecular complexity index is 788. The number of hydrogen-bond acceptors (Lipinski definition) is 6. The maximum Gasteiger partial charge on any atom is 0.258 e. The third-order valence-electron chi connectivity index (χ3n) is 4.96. The van der Waals surface area contributed by atoms with Crippen LogP contribution in [0.2, 0.25) is 0 Å². The molecule has 0 radical (unpaired) electrons. The summed E-state index contributed by atoms with van der Waals surface area (Å²) in [5, 5.41) is 6.71. The number of aromatic amines is 1. The van der Waals surface area contributed by atoms with Gasteiger partial charge in [-0.3, -0.25) is 19.6 Å². The van der Waals surface area contributed by atoms with Crippen molar-refractivity contribution in [2.45, 2.75) is 32.7 Å². The molecule has 1 aliphatic heterocycles. The first-order valence-electron chi connectivity index (χ1n) is 8.65. The molecule has 2 aliphatic rings. The van der Waals surface area contributed by atoms with Gasteiger partial charge in [0.05, 0.1) is 17.7 Å². The smallest absolute Gasteiger partial charge is 0.258 e. The highest BCUT2D eigenvalue weighted by atomic mass is 16.3. The number of aryl methyl sites for hydroxylation is 2. The quantitative estimate of drug-likeness (QED) is 0.899. The Morgan fingerprint density at radius 2 is 2.08 bits per heavy atom. The number of piperazine rings is 1. The van der Waals surface area contributed by atoms with Gasteiger partial charge in [-0.15, -0.1) is 0 Å². The van der Waals surface area contributed by atoms with Crippen LogP contribution in [-0.4, -0.2) is 62.9 Å². The molecule has 3 heterocycles. The van der Waals surface area contributed by atoms with Crippen molar-refractivity contribution in [1.82, 2.24) is 25.0 Å². The van der Waals surface area contributed by atoms with Crippen LogP contribution >= 0.6 is 0 Å². The van der Waals surface area contributed by atoms with Gasteiger partial charge in [0.25, 0.3) is 5.91 Å². The number of nitrogens with zero attached hydrogens (tertiary/aromatic N) is 4. The van der Waals surface area contributed by atoms with Crippen molar-refractivity contribution in [3.8, 4) is 0 Å². The Labute approximate surface area is 145 Å². The van der Waals surface area contributed by atoms with E-state index in [0.717, 1.165) is 31.8 Å². The number of carbonyl (C=O) groups excluding carboxylic acids is 2. The van der Waals surface area contributed by atoms with Crippen LogP contribution < -0.4 is 0 Å². The lowest BCUT2D eigenvalue weighted by molar-refractivity contribution is 0.0620. The van der Waals surface area contributed by atoms with Gasteiger partial charge in [-0.2, -0.15) is 5.10 Å². The molecule has 132 valence electrons.